The normalized spacial score (nSPS) is 16.6. The summed E-state index contributed by atoms with van der Waals surface area (Å²) in [7, 11) is 1.35. The van der Waals surface area contributed by atoms with E-state index in [9.17, 15) is 4.79 Å². The Hall–Kier alpha value is -1.26. The Labute approximate surface area is 83.7 Å². The SMILES string of the molecule is COC(=O)N(CC(=N)N)C1CCCC1. The molecule has 0 aliphatic heterocycles. The van der Waals surface area contributed by atoms with Crippen molar-refractivity contribution in [2.45, 2.75) is 31.7 Å². The van der Waals surface area contributed by atoms with Crippen LogP contribution in [0.15, 0.2) is 0 Å². The van der Waals surface area contributed by atoms with Crippen molar-refractivity contribution in [1.29, 1.82) is 5.41 Å². The fraction of sp³-hybridized carbons (Fsp3) is 0.778. The summed E-state index contributed by atoms with van der Waals surface area (Å²) in [5.41, 5.74) is 5.29. The van der Waals surface area contributed by atoms with Gasteiger partial charge in [0.05, 0.1) is 13.7 Å². The van der Waals surface area contributed by atoms with Gasteiger partial charge >= 0.3 is 6.09 Å². The van der Waals surface area contributed by atoms with E-state index in [4.69, 9.17) is 11.1 Å². The predicted molar refractivity (Wildman–Crippen MR) is 53.3 cm³/mol. The second kappa shape index (κ2) is 4.83. The van der Waals surface area contributed by atoms with Crippen LogP contribution >= 0.6 is 0 Å². The van der Waals surface area contributed by atoms with Crippen molar-refractivity contribution < 1.29 is 9.53 Å². The minimum Gasteiger partial charge on any atom is -0.453 e. The molecule has 80 valence electrons. The monoisotopic (exact) mass is 199 g/mol. The van der Waals surface area contributed by atoms with Crippen LogP contribution in [0.5, 0.6) is 0 Å². The highest BCUT2D eigenvalue weighted by molar-refractivity contribution is 5.83. The molecule has 1 fully saturated rings. The molecule has 1 saturated carbocycles. The molecule has 0 bridgehead atoms. The average molecular weight is 199 g/mol. The second-order valence-corrected chi connectivity index (χ2v) is 3.56. The first kappa shape index (κ1) is 10.8. The smallest absolute Gasteiger partial charge is 0.410 e. The topological polar surface area (TPSA) is 79.4 Å². The summed E-state index contributed by atoms with van der Waals surface area (Å²) in [6, 6.07) is 0.200. The summed E-state index contributed by atoms with van der Waals surface area (Å²) in [6.45, 7) is 0.178. The van der Waals surface area contributed by atoms with Gasteiger partial charge in [-0.15, -0.1) is 0 Å². The first-order valence-electron chi connectivity index (χ1n) is 4.82. The van der Waals surface area contributed by atoms with Gasteiger partial charge < -0.3 is 10.5 Å². The molecular weight excluding hydrogens is 182 g/mol. The Bertz CT molecular complexity index is 224. The first-order chi connectivity index (χ1) is 6.65. The van der Waals surface area contributed by atoms with Gasteiger partial charge in [-0.3, -0.25) is 10.3 Å². The lowest BCUT2D eigenvalue weighted by molar-refractivity contribution is 0.113. The zero-order valence-corrected chi connectivity index (χ0v) is 8.45. The van der Waals surface area contributed by atoms with Crippen molar-refractivity contribution in [2.75, 3.05) is 13.7 Å². The van der Waals surface area contributed by atoms with Crippen LogP contribution in [0.1, 0.15) is 25.7 Å². The van der Waals surface area contributed by atoms with Crippen molar-refractivity contribution in [1.82, 2.24) is 4.90 Å². The molecule has 0 spiro atoms. The van der Waals surface area contributed by atoms with Crippen LogP contribution in [0.4, 0.5) is 4.79 Å². The average Bonchev–Trinajstić information content (AvgIpc) is 2.65. The van der Waals surface area contributed by atoms with E-state index < -0.39 is 0 Å². The second-order valence-electron chi connectivity index (χ2n) is 3.56. The third-order valence-corrected chi connectivity index (χ3v) is 2.52. The molecule has 5 heteroatoms. The van der Waals surface area contributed by atoms with E-state index in [0.29, 0.717) is 0 Å². The Morgan fingerprint density at radius 3 is 2.57 bits per heavy atom. The van der Waals surface area contributed by atoms with Gasteiger partial charge in [-0.1, -0.05) is 12.8 Å². The summed E-state index contributed by atoms with van der Waals surface area (Å²) in [6.07, 6.45) is 3.86. The molecule has 0 unspecified atom stereocenters. The number of rotatable bonds is 3. The summed E-state index contributed by atoms with van der Waals surface area (Å²) < 4.78 is 4.66. The van der Waals surface area contributed by atoms with E-state index in [0.717, 1.165) is 25.7 Å². The van der Waals surface area contributed by atoms with Crippen LogP contribution in [0.25, 0.3) is 0 Å². The minimum atomic E-state index is -0.382. The highest BCUT2D eigenvalue weighted by Gasteiger charge is 2.27. The van der Waals surface area contributed by atoms with Crippen LogP contribution in [0.2, 0.25) is 0 Å². The fourth-order valence-corrected chi connectivity index (χ4v) is 1.86. The summed E-state index contributed by atoms with van der Waals surface area (Å²) in [4.78, 5) is 12.9. The maximum Gasteiger partial charge on any atom is 0.410 e. The van der Waals surface area contributed by atoms with E-state index in [-0.39, 0.29) is 24.5 Å². The quantitative estimate of drug-likeness (QED) is 0.524. The maximum atomic E-state index is 11.4. The Kier molecular flexibility index (Phi) is 3.73. The highest BCUT2D eigenvalue weighted by atomic mass is 16.5. The molecule has 3 N–H and O–H groups in total. The molecular formula is C9H17N3O2. The van der Waals surface area contributed by atoms with E-state index in [1.807, 2.05) is 0 Å². The van der Waals surface area contributed by atoms with Crippen molar-refractivity contribution >= 4 is 11.9 Å². The summed E-state index contributed by atoms with van der Waals surface area (Å²) >= 11 is 0. The third-order valence-electron chi connectivity index (χ3n) is 2.52. The van der Waals surface area contributed by atoms with Gasteiger partial charge in [0.15, 0.2) is 0 Å². The van der Waals surface area contributed by atoms with Crippen molar-refractivity contribution in [3.63, 3.8) is 0 Å². The summed E-state index contributed by atoms with van der Waals surface area (Å²) in [5.74, 6) is 0.00213. The number of nitrogens with one attached hydrogen (secondary N) is 1. The van der Waals surface area contributed by atoms with Crippen molar-refractivity contribution in [2.24, 2.45) is 5.73 Å². The van der Waals surface area contributed by atoms with Crippen LogP contribution in [0, 0.1) is 5.41 Å². The zero-order chi connectivity index (χ0) is 10.6. The number of nitrogens with two attached hydrogens (primary N) is 1. The Morgan fingerprint density at radius 2 is 2.14 bits per heavy atom. The molecule has 0 atom stereocenters. The van der Waals surface area contributed by atoms with E-state index >= 15 is 0 Å². The van der Waals surface area contributed by atoms with Crippen LogP contribution in [-0.2, 0) is 4.74 Å². The summed E-state index contributed by atoms with van der Waals surface area (Å²) in [5, 5.41) is 7.19. The van der Waals surface area contributed by atoms with Gasteiger partial charge in [-0.05, 0) is 12.8 Å². The Balaban J connectivity index is 2.59. The number of amides is 1. The number of hydrogen-bond acceptors (Lipinski definition) is 3. The molecule has 0 radical (unpaired) electrons. The van der Waals surface area contributed by atoms with Gasteiger partial charge in [-0.25, -0.2) is 4.79 Å². The van der Waals surface area contributed by atoms with Crippen LogP contribution in [-0.4, -0.2) is 36.5 Å². The standard InChI is InChI=1S/C9H17N3O2/c1-14-9(13)12(6-8(10)11)7-4-2-3-5-7/h7H,2-6H2,1H3,(H3,10,11). The Morgan fingerprint density at radius 1 is 1.57 bits per heavy atom. The molecule has 0 heterocycles. The molecule has 1 aliphatic carbocycles. The lowest BCUT2D eigenvalue weighted by atomic mass is 10.2. The molecule has 0 aromatic carbocycles. The molecule has 0 aromatic rings. The highest BCUT2D eigenvalue weighted by Crippen LogP contribution is 2.23. The molecule has 0 saturated heterocycles. The van der Waals surface area contributed by atoms with E-state index in [1.54, 1.807) is 4.90 Å². The van der Waals surface area contributed by atoms with Crippen molar-refractivity contribution in [3.8, 4) is 0 Å². The third kappa shape index (κ3) is 2.61. The number of ether oxygens (including phenoxy) is 1. The number of hydrogen-bond donors (Lipinski definition) is 2. The lowest BCUT2D eigenvalue weighted by Gasteiger charge is -2.26. The predicted octanol–water partition coefficient (Wildman–Crippen LogP) is 0.933. The minimum absolute atomic E-state index is 0.00213. The first-order valence-corrected chi connectivity index (χ1v) is 4.82. The number of carbonyl (C=O) groups excluding carboxylic acids is 1. The molecule has 1 amide bonds. The largest absolute Gasteiger partial charge is 0.453 e. The van der Waals surface area contributed by atoms with Gasteiger partial charge in [0.2, 0.25) is 0 Å². The van der Waals surface area contributed by atoms with Gasteiger partial charge in [-0.2, -0.15) is 0 Å². The maximum absolute atomic E-state index is 11.4. The van der Waals surface area contributed by atoms with E-state index in [2.05, 4.69) is 4.74 Å². The number of amidine groups is 1. The molecule has 0 aromatic heterocycles. The molecule has 14 heavy (non-hydrogen) atoms. The van der Waals surface area contributed by atoms with E-state index in [1.165, 1.54) is 7.11 Å². The van der Waals surface area contributed by atoms with Gasteiger partial charge in [0.1, 0.15) is 5.84 Å². The van der Waals surface area contributed by atoms with Crippen molar-refractivity contribution in [3.05, 3.63) is 0 Å². The molecule has 1 aliphatic rings. The van der Waals surface area contributed by atoms with Gasteiger partial charge in [0, 0.05) is 6.04 Å². The molecule has 1 rings (SSSR count). The van der Waals surface area contributed by atoms with Gasteiger partial charge in [0.25, 0.3) is 0 Å². The number of methoxy groups -OCH3 is 1. The zero-order valence-electron chi connectivity index (χ0n) is 8.45. The lowest BCUT2D eigenvalue weighted by Crippen LogP contribution is -2.43. The molecule has 5 nitrogen and oxygen atoms in total. The number of carbonyl (C=O) groups is 1. The van der Waals surface area contributed by atoms with Crippen LogP contribution in [0.3, 0.4) is 0 Å². The fourth-order valence-electron chi connectivity index (χ4n) is 1.86. The van der Waals surface area contributed by atoms with Crippen LogP contribution < -0.4 is 5.73 Å². The number of nitrogens with zero attached hydrogens (tertiary/aromatic N) is 1.